The van der Waals surface area contributed by atoms with Crippen molar-refractivity contribution in [3.63, 3.8) is 0 Å². The van der Waals surface area contributed by atoms with E-state index in [1.165, 1.54) is 32.1 Å². The van der Waals surface area contributed by atoms with E-state index in [1.54, 1.807) is 0 Å². The van der Waals surface area contributed by atoms with Crippen molar-refractivity contribution in [3.8, 4) is 0 Å². The maximum absolute atomic E-state index is 12.4. The van der Waals surface area contributed by atoms with Gasteiger partial charge < -0.3 is 15.6 Å². The molecule has 2 atom stereocenters. The normalized spacial score (nSPS) is 27.8. The van der Waals surface area contributed by atoms with Crippen LogP contribution in [0.4, 0.5) is 0 Å². The van der Waals surface area contributed by atoms with Crippen LogP contribution in [-0.2, 0) is 0 Å². The van der Waals surface area contributed by atoms with Crippen LogP contribution in [0.5, 0.6) is 0 Å². The van der Waals surface area contributed by atoms with Gasteiger partial charge in [-0.2, -0.15) is 0 Å². The summed E-state index contributed by atoms with van der Waals surface area (Å²) in [4.78, 5) is 12.4. The molecule has 19 heavy (non-hydrogen) atoms. The first-order valence-corrected chi connectivity index (χ1v) is 7.49. The zero-order valence-corrected chi connectivity index (χ0v) is 11.3. The number of nitrogens with zero attached hydrogens (tertiary/aromatic N) is 1. The molecule has 4 nitrogen and oxygen atoms in total. The summed E-state index contributed by atoms with van der Waals surface area (Å²) in [6.07, 6.45) is 10.0. The molecule has 3 rings (SSSR count). The molecule has 2 fully saturated rings. The molecule has 4 heteroatoms. The van der Waals surface area contributed by atoms with Gasteiger partial charge in [0.2, 0.25) is 0 Å². The minimum Gasteiger partial charge on any atom is -0.346 e. The Labute approximate surface area is 114 Å². The van der Waals surface area contributed by atoms with Crippen LogP contribution in [-0.4, -0.2) is 22.6 Å². The van der Waals surface area contributed by atoms with Crippen LogP contribution in [0.25, 0.3) is 0 Å². The molecule has 2 aliphatic rings. The number of aromatic nitrogens is 1. The molecule has 104 valence electrons. The highest BCUT2D eigenvalue weighted by atomic mass is 16.2. The maximum atomic E-state index is 12.4. The fourth-order valence-electron chi connectivity index (χ4n) is 3.02. The Morgan fingerprint density at radius 2 is 2.00 bits per heavy atom. The first-order valence-electron chi connectivity index (χ1n) is 7.49. The average molecular weight is 261 g/mol. The van der Waals surface area contributed by atoms with E-state index < -0.39 is 0 Å². The van der Waals surface area contributed by atoms with Crippen molar-refractivity contribution in [3.05, 3.63) is 24.0 Å². The zero-order chi connectivity index (χ0) is 13.2. The fourth-order valence-corrected chi connectivity index (χ4v) is 3.02. The van der Waals surface area contributed by atoms with Crippen molar-refractivity contribution < 1.29 is 4.79 Å². The molecule has 1 aromatic rings. The van der Waals surface area contributed by atoms with Gasteiger partial charge in [-0.1, -0.05) is 19.3 Å². The molecule has 0 aliphatic heterocycles. The van der Waals surface area contributed by atoms with Crippen molar-refractivity contribution in [1.82, 2.24) is 9.88 Å². The standard InChI is InChI=1S/C15H23N3O/c16-12-5-2-1-3-6-13(12)17-15(19)14-7-4-10-18(14)11-8-9-11/h4,7,10-13H,1-3,5-6,8-9,16H2,(H,17,19). The molecule has 0 aromatic carbocycles. The van der Waals surface area contributed by atoms with Crippen LogP contribution >= 0.6 is 0 Å². The second-order valence-corrected chi connectivity index (χ2v) is 5.91. The lowest BCUT2D eigenvalue weighted by molar-refractivity contribution is 0.0919. The monoisotopic (exact) mass is 261 g/mol. The Hall–Kier alpha value is -1.29. The molecule has 1 amide bonds. The SMILES string of the molecule is NC1CCCCCC1NC(=O)c1cccn1C1CC1. The highest BCUT2D eigenvalue weighted by molar-refractivity contribution is 5.93. The van der Waals surface area contributed by atoms with Crippen molar-refractivity contribution in [1.29, 1.82) is 0 Å². The summed E-state index contributed by atoms with van der Waals surface area (Å²) in [5, 5.41) is 3.15. The zero-order valence-electron chi connectivity index (χ0n) is 11.3. The van der Waals surface area contributed by atoms with Gasteiger partial charge in [-0.15, -0.1) is 0 Å². The maximum Gasteiger partial charge on any atom is 0.268 e. The number of nitrogens with two attached hydrogens (primary N) is 1. The van der Waals surface area contributed by atoms with Gasteiger partial charge in [0, 0.05) is 24.3 Å². The smallest absolute Gasteiger partial charge is 0.268 e. The van der Waals surface area contributed by atoms with E-state index >= 15 is 0 Å². The van der Waals surface area contributed by atoms with Gasteiger partial charge in [-0.25, -0.2) is 0 Å². The van der Waals surface area contributed by atoms with Crippen LogP contribution in [0.2, 0.25) is 0 Å². The third-order valence-electron chi connectivity index (χ3n) is 4.34. The number of carbonyl (C=O) groups is 1. The first-order chi connectivity index (χ1) is 9.25. The Kier molecular flexibility index (Phi) is 3.60. The molecule has 2 saturated carbocycles. The average Bonchev–Trinajstić information content (AvgIpc) is 3.16. The summed E-state index contributed by atoms with van der Waals surface area (Å²) >= 11 is 0. The van der Waals surface area contributed by atoms with Crippen LogP contribution in [0.1, 0.15) is 61.5 Å². The number of nitrogens with one attached hydrogen (secondary N) is 1. The molecule has 0 saturated heterocycles. The van der Waals surface area contributed by atoms with Crippen LogP contribution < -0.4 is 11.1 Å². The molecule has 0 spiro atoms. The molecule has 0 radical (unpaired) electrons. The summed E-state index contributed by atoms with van der Waals surface area (Å²) in [7, 11) is 0. The van der Waals surface area contributed by atoms with Gasteiger partial charge in [0.1, 0.15) is 5.69 Å². The minimum atomic E-state index is 0.0410. The Balaban J connectivity index is 1.67. The second-order valence-electron chi connectivity index (χ2n) is 5.91. The number of amides is 1. The van der Waals surface area contributed by atoms with Gasteiger partial charge in [0.25, 0.3) is 5.91 Å². The number of rotatable bonds is 3. The summed E-state index contributed by atoms with van der Waals surface area (Å²) in [5.41, 5.74) is 6.96. The summed E-state index contributed by atoms with van der Waals surface area (Å²) in [5.74, 6) is 0.0410. The summed E-state index contributed by atoms with van der Waals surface area (Å²) < 4.78 is 2.11. The summed E-state index contributed by atoms with van der Waals surface area (Å²) in [6, 6.07) is 4.66. The third kappa shape index (κ3) is 2.84. The summed E-state index contributed by atoms with van der Waals surface area (Å²) in [6.45, 7) is 0. The molecule has 1 heterocycles. The first kappa shape index (κ1) is 12.7. The number of hydrogen-bond acceptors (Lipinski definition) is 2. The van der Waals surface area contributed by atoms with Gasteiger partial charge >= 0.3 is 0 Å². The molecular weight excluding hydrogens is 238 g/mol. The largest absolute Gasteiger partial charge is 0.346 e. The van der Waals surface area contributed by atoms with Crippen LogP contribution in [0.15, 0.2) is 18.3 Å². The predicted molar refractivity (Wildman–Crippen MR) is 75.0 cm³/mol. The van der Waals surface area contributed by atoms with Crippen LogP contribution in [0, 0.1) is 0 Å². The molecule has 0 bridgehead atoms. The predicted octanol–water partition coefficient (Wildman–Crippen LogP) is 2.21. The van der Waals surface area contributed by atoms with Crippen molar-refractivity contribution >= 4 is 5.91 Å². The Morgan fingerprint density at radius 1 is 1.21 bits per heavy atom. The molecule has 2 unspecified atom stereocenters. The molecule has 1 aromatic heterocycles. The lowest BCUT2D eigenvalue weighted by Gasteiger charge is -2.23. The van der Waals surface area contributed by atoms with E-state index in [2.05, 4.69) is 9.88 Å². The quantitative estimate of drug-likeness (QED) is 0.820. The topological polar surface area (TPSA) is 60.0 Å². The second kappa shape index (κ2) is 5.37. The van der Waals surface area contributed by atoms with Crippen molar-refractivity contribution in [2.75, 3.05) is 0 Å². The van der Waals surface area contributed by atoms with Gasteiger partial charge in [-0.05, 0) is 37.8 Å². The number of carbonyl (C=O) groups excluding carboxylic acids is 1. The Morgan fingerprint density at radius 3 is 2.79 bits per heavy atom. The van der Waals surface area contributed by atoms with Gasteiger partial charge in [0.05, 0.1) is 0 Å². The molecular formula is C15H23N3O. The number of hydrogen-bond donors (Lipinski definition) is 2. The highest BCUT2D eigenvalue weighted by Crippen LogP contribution is 2.36. The van der Waals surface area contributed by atoms with E-state index in [0.29, 0.717) is 6.04 Å². The lowest BCUT2D eigenvalue weighted by atomic mass is 10.0. The minimum absolute atomic E-state index is 0.0410. The Bertz CT molecular complexity index is 450. The van der Waals surface area contributed by atoms with Crippen LogP contribution in [0.3, 0.4) is 0 Å². The lowest BCUT2D eigenvalue weighted by Crippen LogP contribution is -2.47. The fraction of sp³-hybridized carbons (Fsp3) is 0.667. The van der Waals surface area contributed by atoms with Crippen molar-refractivity contribution in [2.45, 2.75) is 63.1 Å². The molecule has 2 aliphatic carbocycles. The van der Waals surface area contributed by atoms with E-state index in [4.69, 9.17) is 5.73 Å². The van der Waals surface area contributed by atoms with E-state index in [1.807, 2.05) is 18.3 Å². The highest BCUT2D eigenvalue weighted by Gasteiger charge is 2.28. The van der Waals surface area contributed by atoms with Gasteiger partial charge in [0.15, 0.2) is 0 Å². The molecule has 3 N–H and O–H groups in total. The van der Waals surface area contributed by atoms with E-state index in [-0.39, 0.29) is 18.0 Å². The third-order valence-corrected chi connectivity index (χ3v) is 4.34. The van der Waals surface area contributed by atoms with E-state index in [0.717, 1.165) is 18.5 Å². The van der Waals surface area contributed by atoms with Crippen molar-refractivity contribution in [2.24, 2.45) is 5.73 Å². The van der Waals surface area contributed by atoms with E-state index in [9.17, 15) is 4.79 Å². The van der Waals surface area contributed by atoms with Gasteiger partial charge in [-0.3, -0.25) is 4.79 Å².